The molecule has 3 aromatic rings. The molecule has 5 heteroatoms. The van der Waals surface area contributed by atoms with Crippen LogP contribution in [-0.4, -0.2) is 20.7 Å². The highest BCUT2D eigenvalue weighted by Gasteiger charge is 2.14. The molecule has 0 saturated heterocycles. The van der Waals surface area contributed by atoms with E-state index in [0.717, 1.165) is 35.8 Å². The van der Waals surface area contributed by atoms with Gasteiger partial charge in [-0.1, -0.05) is 48.5 Å². The molecule has 0 fully saturated rings. The predicted molar refractivity (Wildman–Crippen MR) is 107 cm³/mol. The summed E-state index contributed by atoms with van der Waals surface area (Å²) in [7, 11) is -3.39. The molecular weight excluding hydrogens is 344 g/mol. The van der Waals surface area contributed by atoms with Crippen LogP contribution in [0, 0.1) is 0 Å². The zero-order valence-corrected chi connectivity index (χ0v) is 15.4. The van der Waals surface area contributed by atoms with E-state index >= 15 is 0 Å². The van der Waals surface area contributed by atoms with Gasteiger partial charge in [0.25, 0.3) is 0 Å². The van der Waals surface area contributed by atoms with Gasteiger partial charge in [-0.3, -0.25) is 4.72 Å². The van der Waals surface area contributed by atoms with E-state index in [-0.39, 0.29) is 5.75 Å². The third kappa shape index (κ3) is 3.74. The highest BCUT2D eigenvalue weighted by molar-refractivity contribution is 7.92. The van der Waals surface area contributed by atoms with Crippen molar-refractivity contribution >= 4 is 26.5 Å². The minimum Gasteiger partial charge on any atom is -0.312 e. The van der Waals surface area contributed by atoms with Gasteiger partial charge in [-0.15, -0.1) is 0 Å². The highest BCUT2D eigenvalue weighted by atomic mass is 32.2. The van der Waals surface area contributed by atoms with Crippen LogP contribution in [0.15, 0.2) is 60.7 Å². The second-order valence-corrected chi connectivity index (χ2v) is 8.56. The molecule has 0 saturated carbocycles. The fourth-order valence-electron chi connectivity index (χ4n) is 3.53. The molecule has 1 aliphatic heterocycles. The molecule has 0 atom stereocenters. The molecule has 1 aliphatic rings. The summed E-state index contributed by atoms with van der Waals surface area (Å²) < 4.78 is 27.8. The van der Waals surface area contributed by atoms with E-state index in [1.165, 1.54) is 11.1 Å². The summed E-state index contributed by atoms with van der Waals surface area (Å²) in [4.78, 5) is 0. The van der Waals surface area contributed by atoms with E-state index in [2.05, 4.69) is 10.0 Å². The third-order valence-corrected chi connectivity index (χ3v) is 6.17. The summed E-state index contributed by atoms with van der Waals surface area (Å²) in [6.07, 6.45) is 1.42. The van der Waals surface area contributed by atoms with Crippen molar-refractivity contribution in [1.82, 2.24) is 5.32 Å². The smallest absolute Gasteiger partial charge is 0.233 e. The lowest BCUT2D eigenvalue weighted by atomic mass is 10.0. The largest absolute Gasteiger partial charge is 0.312 e. The summed E-state index contributed by atoms with van der Waals surface area (Å²) >= 11 is 0. The number of benzene rings is 3. The SMILES string of the molecule is O=S(=O)(CCc1cccc2ccccc12)Nc1ccc2c(c1)CCNC2. The Bertz CT molecular complexity index is 1040. The first-order valence-electron chi connectivity index (χ1n) is 8.90. The number of rotatable bonds is 5. The molecule has 0 amide bonds. The van der Waals surface area contributed by atoms with Crippen molar-refractivity contribution in [3.63, 3.8) is 0 Å². The Morgan fingerprint density at radius 2 is 1.81 bits per heavy atom. The van der Waals surface area contributed by atoms with Crippen molar-refractivity contribution < 1.29 is 8.42 Å². The lowest BCUT2D eigenvalue weighted by molar-refractivity contribution is 0.600. The molecule has 0 bridgehead atoms. The molecule has 26 heavy (non-hydrogen) atoms. The zero-order valence-electron chi connectivity index (χ0n) is 14.5. The molecule has 134 valence electrons. The van der Waals surface area contributed by atoms with E-state index in [0.29, 0.717) is 12.1 Å². The summed E-state index contributed by atoms with van der Waals surface area (Å²) in [6, 6.07) is 19.9. The second-order valence-electron chi connectivity index (χ2n) is 6.72. The Morgan fingerprint density at radius 3 is 2.73 bits per heavy atom. The van der Waals surface area contributed by atoms with Gasteiger partial charge in [-0.05, 0) is 59.0 Å². The van der Waals surface area contributed by atoms with Crippen LogP contribution in [0.2, 0.25) is 0 Å². The first kappa shape index (κ1) is 17.1. The van der Waals surface area contributed by atoms with Crippen LogP contribution < -0.4 is 10.0 Å². The summed E-state index contributed by atoms with van der Waals surface area (Å²) in [5.74, 6) is 0.0691. The second kappa shape index (κ2) is 7.09. The van der Waals surface area contributed by atoms with Gasteiger partial charge in [0.1, 0.15) is 0 Å². The Morgan fingerprint density at radius 1 is 0.962 bits per heavy atom. The topological polar surface area (TPSA) is 58.2 Å². The Kier molecular flexibility index (Phi) is 4.66. The van der Waals surface area contributed by atoms with Crippen LogP contribution in [-0.2, 0) is 29.4 Å². The Hall–Kier alpha value is -2.37. The summed E-state index contributed by atoms with van der Waals surface area (Å²) in [5.41, 5.74) is 4.18. The van der Waals surface area contributed by atoms with E-state index in [4.69, 9.17) is 0 Å². The number of fused-ring (bicyclic) bond motifs is 2. The van der Waals surface area contributed by atoms with E-state index in [9.17, 15) is 8.42 Å². The molecule has 1 heterocycles. The number of hydrogen-bond acceptors (Lipinski definition) is 3. The van der Waals surface area contributed by atoms with Crippen LogP contribution in [0.1, 0.15) is 16.7 Å². The number of sulfonamides is 1. The lowest BCUT2D eigenvalue weighted by Crippen LogP contribution is -2.24. The Labute approximate surface area is 154 Å². The maximum Gasteiger partial charge on any atom is 0.233 e. The van der Waals surface area contributed by atoms with Gasteiger partial charge in [-0.2, -0.15) is 0 Å². The number of anilines is 1. The monoisotopic (exact) mass is 366 g/mol. The van der Waals surface area contributed by atoms with Gasteiger partial charge in [0.15, 0.2) is 0 Å². The fourth-order valence-corrected chi connectivity index (χ4v) is 4.60. The van der Waals surface area contributed by atoms with Crippen molar-refractivity contribution in [1.29, 1.82) is 0 Å². The highest BCUT2D eigenvalue weighted by Crippen LogP contribution is 2.22. The maximum absolute atomic E-state index is 12.6. The first-order chi connectivity index (χ1) is 12.6. The molecule has 0 aromatic heterocycles. The molecule has 0 unspecified atom stereocenters. The molecular formula is C21H22N2O2S. The quantitative estimate of drug-likeness (QED) is 0.727. The predicted octanol–water partition coefficient (Wildman–Crippen LogP) is 3.47. The third-order valence-electron chi connectivity index (χ3n) is 4.89. The zero-order chi connectivity index (χ0) is 18.0. The number of aryl methyl sites for hydroxylation is 1. The van der Waals surface area contributed by atoms with Crippen molar-refractivity contribution in [2.45, 2.75) is 19.4 Å². The number of nitrogens with one attached hydrogen (secondary N) is 2. The average Bonchev–Trinajstić information content (AvgIpc) is 2.66. The van der Waals surface area contributed by atoms with Gasteiger partial charge >= 0.3 is 0 Å². The van der Waals surface area contributed by atoms with Crippen LogP contribution in [0.3, 0.4) is 0 Å². The molecule has 4 rings (SSSR count). The first-order valence-corrected chi connectivity index (χ1v) is 10.6. The normalized spacial score (nSPS) is 14.2. The van der Waals surface area contributed by atoms with Crippen molar-refractivity contribution in [2.75, 3.05) is 17.0 Å². The van der Waals surface area contributed by atoms with Gasteiger partial charge in [0.05, 0.1) is 5.75 Å². The molecule has 0 spiro atoms. The fraction of sp³-hybridized carbons (Fsp3) is 0.238. The van der Waals surface area contributed by atoms with Crippen LogP contribution in [0.25, 0.3) is 10.8 Å². The van der Waals surface area contributed by atoms with Crippen molar-refractivity contribution in [2.24, 2.45) is 0 Å². The standard InChI is InChI=1S/C21H22N2O2S/c24-26(25,23-20-9-8-19-15-22-12-10-18(19)14-20)13-11-17-6-3-5-16-4-1-2-7-21(16)17/h1-9,14,22-23H,10-13,15H2. The Balaban J connectivity index is 1.49. The maximum atomic E-state index is 12.6. The lowest BCUT2D eigenvalue weighted by Gasteiger charge is -2.18. The van der Waals surface area contributed by atoms with Crippen molar-refractivity contribution in [3.8, 4) is 0 Å². The van der Waals surface area contributed by atoms with Crippen LogP contribution in [0.4, 0.5) is 5.69 Å². The molecule has 3 aromatic carbocycles. The van der Waals surface area contributed by atoms with Crippen LogP contribution >= 0.6 is 0 Å². The number of hydrogen-bond donors (Lipinski definition) is 2. The van der Waals surface area contributed by atoms with E-state index < -0.39 is 10.0 Å². The van der Waals surface area contributed by atoms with Gasteiger partial charge in [-0.25, -0.2) is 8.42 Å². The minimum absolute atomic E-state index is 0.0691. The average molecular weight is 366 g/mol. The molecule has 2 N–H and O–H groups in total. The minimum atomic E-state index is -3.39. The van der Waals surface area contributed by atoms with Gasteiger partial charge in [0.2, 0.25) is 10.0 Å². The molecule has 0 aliphatic carbocycles. The summed E-state index contributed by atoms with van der Waals surface area (Å²) in [6.45, 7) is 1.79. The van der Waals surface area contributed by atoms with Crippen molar-refractivity contribution in [3.05, 3.63) is 77.4 Å². The van der Waals surface area contributed by atoms with Crippen LogP contribution in [0.5, 0.6) is 0 Å². The summed E-state index contributed by atoms with van der Waals surface area (Å²) in [5, 5.41) is 5.58. The molecule has 4 nitrogen and oxygen atoms in total. The van der Waals surface area contributed by atoms with Gasteiger partial charge in [0, 0.05) is 12.2 Å². The van der Waals surface area contributed by atoms with Gasteiger partial charge < -0.3 is 5.32 Å². The molecule has 0 radical (unpaired) electrons. The van der Waals surface area contributed by atoms with E-state index in [1.54, 1.807) is 0 Å². The van der Waals surface area contributed by atoms with E-state index in [1.807, 2.05) is 60.7 Å².